The summed E-state index contributed by atoms with van der Waals surface area (Å²) in [5, 5.41) is 3.35. The zero-order chi connectivity index (χ0) is 13.4. The van der Waals surface area contributed by atoms with Crippen molar-refractivity contribution in [3.63, 3.8) is 0 Å². The Bertz CT molecular complexity index is 358. The lowest BCUT2D eigenvalue weighted by Crippen LogP contribution is -2.30. The van der Waals surface area contributed by atoms with Crippen LogP contribution in [0, 0.1) is 6.92 Å². The third-order valence-electron chi connectivity index (χ3n) is 2.79. The molecule has 1 rings (SSSR count). The second-order valence-corrected chi connectivity index (χ2v) is 5.43. The fraction of sp³-hybridized carbons (Fsp3) is 0.571. The van der Waals surface area contributed by atoms with Gasteiger partial charge in [0.05, 0.1) is 6.61 Å². The standard InChI is InChI=1S/C14H23BrN2O/c1-12-4-5-14(15)13(10-12)11-17(2)8-6-16-7-9-18-3/h4-5,10,16H,6-9,11H2,1-3H3. The highest BCUT2D eigenvalue weighted by molar-refractivity contribution is 9.10. The highest BCUT2D eigenvalue weighted by Gasteiger charge is 2.04. The number of hydrogen-bond acceptors (Lipinski definition) is 3. The molecule has 1 N–H and O–H groups in total. The first-order valence-electron chi connectivity index (χ1n) is 6.26. The van der Waals surface area contributed by atoms with Gasteiger partial charge in [-0.05, 0) is 25.6 Å². The summed E-state index contributed by atoms with van der Waals surface area (Å²) in [5.74, 6) is 0. The third-order valence-corrected chi connectivity index (χ3v) is 3.57. The summed E-state index contributed by atoms with van der Waals surface area (Å²) < 4.78 is 6.18. The highest BCUT2D eigenvalue weighted by Crippen LogP contribution is 2.19. The second kappa shape index (κ2) is 8.64. The summed E-state index contributed by atoms with van der Waals surface area (Å²) in [6.07, 6.45) is 0. The molecule has 0 bridgehead atoms. The minimum Gasteiger partial charge on any atom is -0.383 e. The Hall–Kier alpha value is -0.420. The van der Waals surface area contributed by atoms with Crippen molar-refractivity contribution in [2.45, 2.75) is 13.5 Å². The van der Waals surface area contributed by atoms with Gasteiger partial charge in [-0.15, -0.1) is 0 Å². The number of rotatable bonds is 8. The smallest absolute Gasteiger partial charge is 0.0587 e. The third kappa shape index (κ3) is 5.96. The maximum absolute atomic E-state index is 4.99. The summed E-state index contributed by atoms with van der Waals surface area (Å²) in [6, 6.07) is 6.48. The lowest BCUT2D eigenvalue weighted by molar-refractivity contribution is 0.197. The van der Waals surface area contributed by atoms with E-state index in [0.29, 0.717) is 0 Å². The van der Waals surface area contributed by atoms with Gasteiger partial charge in [-0.1, -0.05) is 33.6 Å². The largest absolute Gasteiger partial charge is 0.383 e. The van der Waals surface area contributed by atoms with E-state index in [0.717, 1.165) is 32.8 Å². The summed E-state index contributed by atoms with van der Waals surface area (Å²) >= 11 is 3.60. The lowest BCUT2D eigenvalue weighted by atomic mass is 10.1. The molecule has 0 aliphatic rings. The maximum Gasteiger partial charge on any atom is 0.0587 e. The van der Waals surface area contributed by atoms with Crippen LogP contribution in [-0.4, -0.2) is 45.3 Å². The molecule has 1 aromatic carbocycles. The maximum atomic E-state index is 4.99. The van der Waals surface area contributed by atoms with Gasteiger partial charge in [-0.25, -0.2) is 0 Å². The molecule has 0 amide bonds. The first-order chi connectivity index (χ1) is 8.63. The van der Waals surface area contributed by atoms with Crippen LogP contribution in [0.25, 0.3) is 0 Å². The molecule has 0 saturated carbocycles. The SMILES string of the molecule is COCCNCCN(C)Cc1cc(C)ccc1Br. The van der Waals surface area contributed by atoms with Crippen molar-refractivity contribution in [2.75, 3.05) is 40.4 Å². The number of ether oxygens (including phenoxy) is 1. The lowest BCUT2D eigenvalue weighted by Gasteiger charge is -2.18. The number of nitrogens with zero attached hydrogens (tertiary/aromatic N) is 1. The number of halogens is 1. The quantitative estimate of drug-likeness (QED) is 0.746. The van der Waals surface area contributed by atoms with Crippen molar-refractivity contribution < 1.29 is 4.74 Å². The highest BCUT2D eigenvalue weighted by atomic mass is 79.9. The van der Waals surface area contributed by atoms with Gasteiger partial charge in [0.25, 0.3) is 0 Å². The number of likely N-dealkylation sites (N-methyl/N-ethyl adjacent to an activating group) is 1. The Kier molecular flexibility index (Phi) is 7.51. The Morgan fingerprint density at radius 2 is 2.11 bits per heavy atom. The average Bonchev–Trinajstić information content (AvgIpc) is 2.33. The van der Waals surface area contributed by atoms with E-state index >= 15 is 0 Å². The molecule has 0 radical (unpaired) electrons. The van der Waals surface area contributed by atoms with Crippen LogP contribution in [0.4, 0.5) is 0 Å². The van der Waals surface area contributed by atoms with E-state index in [1.807, 2.05) is 0 Å². The van der Waals surface area contributed by atoms with E-state index in [1.165, 1.54) is 15.6 Å². The van der Waals surface area contributed by atoms with Crippen LogP contribution in [0.5, 0.6) is 0 Å². The van der Waals surface area contributed by atoms with E-state index in [4.69, 9.17) is 4.74 Å². The monoisotopic (exact) mass is 314 g/mol. The van der Waals surface area contributed by atoms with Crippen LogP contribution in [0.2, 0.25) is 0 Å². The molecule has 1 aromatic rings. The van der Waals surface area contributed by atoms with Crippen LogP contribution >= 0.6 is 15.9 Å². The molecule has 0 saturated heterocycles. The minimum absolute atomic E-state index is 0.771. The van der Waals surface area contributed by atoms with E-state index in [-0.39, 0.29) is 0 Å². The Morgan fingerprint density at radius 3 is 2.83 bits per heavy atom. The van der Waals surface area contributed by atoms with Crippen molar-refractivity contribution in [1.29, 1.82) is 0 Å². The molecule has 0 unspecified atom stereocenters. The summed E-state index contributed by atoms with van der Waals surface area (Å²) in [6.45, 7) is 6.80. The number of methoxy groups -OCH3 is 1. The number of aryl methyl sites for hydroxylation is 1. The van der Waals surface area contributed by atoms with Crippen LogP contribution in [0.3, 0.4) is 0 Å². The number of hydrogen-bond donors (Lipinski definition) is 1. The molecule has 0 heterocycles. The Balaban J connectivity index is 2.30. The van der Waals surface area contributed by atoms with Crippen LogP contribution < -0.4 is 5.32 Å². The Morgan fingerprint density at radius 1 is 1.33 bits per heavy atom. The Labute approximate surface area is 119 Å². The van der Waals surface area contributed by atoms with Gasteiger partial charge in [0.15, 0.2) is 0 Å². The normalized spacial score (nSPS) is 11.2. The molecule has 4 heteroatoms. The molecule has 0 fully saturated rings. The fourth-order valence-electron chi connectivity index (χ4n) is 1.76. The predicted octanol–water partition coefficient (Wildman–Crippen LogP) is 2.43. The summed E-state index contributed by atoms with van der Waals surface area (Å²) in [7, 11) is 3.87. The topological polar surface area (TPSA) is 24.5 Å². The van der Waals surface area contributed by atoms with Gasteiger partial charge in [-0.3, -0.25) is 0 Å². The first-order valence-corrected chi connectivity index (χ1v) is 7.06. The molecular formula is C14H23BrN2O. The van der Waals surface area contributed by atoms with E-state index in [9.17, 15) is 0 Å². The van der Waals surface area contributed by atoms with Crippen molar-refractivity contribution in [3.05, 3.63) is 33.8 Å². The van der Waals surface area contributed by atoms with Crippen molar-refractivity contribution in [1.82, 2.24) is 10.2 Å². The van der Waals surface area contributed by atoms with E-state index < -0.39 is 0 Å². The van der Waals surface area contributed by atoms with Gasteiger partial charge in [0.1, 0.15) is 0 Å². The first kappa shape index (κ1) is 15.6. The molecule has 0 atom stereocenters. The van der Waals surface area contributed by atoms with Crippen molar-refractivity contribution in [2.24, 2.45) is 0 Å². The molecular weight excluding hydrogens is 292 g/mol. The van der Waals surface area contributed by atoms with Gasteiger partial charge >= 0.3 is 0 Å². The van der Waals surface area contributed by atoms with E-state index in [1.54, 1.807) is 7.11 Å². The van der Waals surface area contributed by atoms with Crippen LogP contribution in [0.15, 0.2) is 22.7 Å². The summed E-state index contributed by atoms with van der Waals surface area (Å²) in [4.78, 5) is 2.32. The van der Waals surface area contributed by atoms with Crippen LogP contribution in [-0.2, 0) is 11.3 Å². The molecule has 0 aliphatic heterocycles. The molecule has 18 heavy (non-hydrogen) atoms. The number of benzene rings is 1. The van der Waals surface area contributed by atoms with Crippen molar-refractivity contribution in [3.8, 4) is 0 Å². The zero-order valence-corrected chi connectivity index (χ0v) is 13.1. The minimum atomic E-state index is 0.771. The van der Waals surface area contributed by atoms with Gasteiger partial charge in [0.2, 0.25) is 0 Å². The van der Waals surface area contributed by atoms with Gasteiger partial charge in [-0.2, -0.15) is 0 Å². The average molecular weight is 315 g/mol. The zero-order valence-electron chi connectivity index (χ0n) is 11.5. The fourth-order valence-corrected chi connectivity index (χ4v) is 2.14. The van der Waals surface area contributed by atoms with E-state index in [2.05, 4.69) is 58.3 Å². The molecule has 0 aliphatic carbocycles. The van der Waals surface area contributed by atoms with Crippen LogP contribution in [0.1, 0.15) is 11.1 Å². The molecule has 3 nitrogen and oxygen atoms in total. The van der Waals surface area contributed by atoms with Crippen molar-refractivity contribution >= 4 is 15.9 Å². The molecule has 102 valence electrons. The molecule has 0 aromatic heterocycles. The predicted molar refractivity (Wildman–Crippen MR) is 80.0 cm³/mol. The second-order valence-electron chi connectivity index (χ2n) is 4.58. The molecule has 0 spiro atoms. The van der Waals surface area contributed by atoms with Gasteiger partial charge in [0, 0.05) is 37.8 Å². The van der Waals surface area contributed by atoms with Gasteiger partial charge < -0.3 is 15.0 Å². The summed E-state index contributed by atoms with van der Waals surface area (Å²) in [5.41, 5.74) is 2.65. The number of nitrogens with one attached hydrogen (secondary N) is 1.